The molecule has 1 atom stereocenters. The van der Waals surface area contributed by atoms with Crippen LogP contribution in [0.3, 0.4) is 0 Å². The fourth-order valence-corrected chi connectivity index (χ4v) is 3.13. The minimum atomic E-state index is 0.303. The number of hydrogen-bond acceptors (Lipinski definition) is 3. The maximum absolute atomic E-state index is 6.09. The van der Waals surface area contributed by atoms with Crippen LogP contribution in [0.1, 0.15) is 23.4 Å². The summed E-state index contributed by atoms with van der Waals surface area (Å²) in [7, 11) is 1.69. The normalized spacial score (nSPS) is 12.4. The van der Waals surface area contributed by atoms with Crippen molar-refractivity contribution in [3.8, 4) is 5.75 Å². The Morgan fingerprint density at radius 3 is 2.84 bits per heavy atom. The van der Waals surface area contributed by atoms with E-state index < -0.39 is 0 Å². The molecule has 2 nitrogen and oxygen atoms in total. The Morgan fingerprint density at radius 2 is 2.21 bits per heavy atom. The minimum absolute atomic E-state index is 0.303. The highest BCUT2D eigenvalue weighted by atomic mass is 35.5. The summed E-state index contributed by atoms with van der Waals surface area (Å²) in [6.07, 6.45) is 0.873. The van der Waals surface area contributed by atoms with Gasteiger partial charge in [0.15, 0.2) is 0 Å². The van der Waals surface area contributed by atoms with Crippen LogP contribution >= 0.6 is 22.9 Å². The Morgan fingerprint density at radius 1 is 1.37 bits per heavy atom. The Bertz CT molecular complexity index is 513. The zero-order valence-corrected chi connectivity index (χ0v) is 12.7. The van der Waals surface area contributed by atoms with Gasteiger partial charge in [-0.05, 0) is 48.2 Å². The largest absolute Gasteiger partial charge is 0.496 e. The average Bonchev–Trinajstić information content (AvgIpc) is 2.92. The highest BCUT2D eigenvalue weighted by molar-refractivity contribution is 7.10. The van der Waals surface area contributed by atoms with Gasteiger partial charge < -0.3 is 10.1 Å². The van der Waals surface area contributed by atoms with Crippen molar-refractivity contribution in [2.75, 3.05) is 13.7 Å². The summed E-state index contributed by atoms with van der Waals surface area (Å²) in [5.74, 6) is 0.892. The monoisotopic (exact) mass is 295 g/mol. The van der Waals surface area contributed by atoms with Crippen molar-refractivity contribution in [3.05, 3.63) is 51.2 Å². The molecule has 0 aliphatic heterocycles. The number of methoxy groups -OCH3 is 1. The van der Waals surface area contributed by atoms with Crippen molar-refractivity contribution in [1.82, 2.24) is 5.32 Å². The lowest BCUT2D eigenvalue weighted by Gasteiger charge is -2.18. The Hall–Kier alpha value is -1.03. The SMILES string of the molecule is CCNC(Cc1cc(Cl)ccc1OC)c1cccs1. The molecule has 1 heterocycles. The van der Waals surface area contributed by atoms with Gasteiger partial charge in [0.1, 0.15) is 5.75 Å². The zero-order chi connectivity index (χ0) is 13.7. The fraction of sp³-hybridized carbons (Fsp3) is 0.333. The molecule has 1 aromatic carbocycles. The van der Waals surface area contributed by atoms with E-state index in [0.29, 0.717) is 6.04 Å². The van der Waals surface area contributed by atoms with Crippen LogP contribution in [0, 0.1) is 0 Å². The molecule has 1 aromatic heterocycles. The number of ether oxygens (including phenoxy) is 1. The van der Waals surface area contributed by atoms with Crippen LogP contribution in [0.4, 0.5) is 0 Å². The molecule has 0 saturated heterocycles. The standard InChI is InChI=1S/C15H18ClNOS/c1-3-17-13(15-5-4-8-19-15)10-11-9-12(16)6-7-14(11)18-2/h4-9,13,17H,3,10H2,1-2H3. The average molecular weight is 296 g/mol. The van der Waals surface area contributed by atoms with Crippen molar-refractivity contribution in [3.63, 3.8) is 0 Å². The van der Waals surface area contributed by atoms with Crippen LogP contribution in [-0.2, 0) is 6.42 Å². The molecule has 2 rings (SSSR count). The van der Waals surface area contributed by atoms with E-state index in [0.717, 1.165) is 29.3 Å². The molecule has 0 bridgehead atoms. The van der Waals surface area contributed by atoms with Crippen LogP contribution in [0.2, 0.25) is 5.02 Å². The quantitative estimate of drug-likeness (QED) is 0.858. The van der Waals surface area contributed by atoms with Gasteiger partial charge in [0.2, 0.25) is 0 Å². The van der Waals surface area contributed by atoms with Crippen molar-refractivity contribution in [2.24, 2.45) is 0 Å². The van der Waals surface area contributed by atoms with Gasteiger partial charge in [0.05, 0.1) is 7.11 Å². The third-order valence-electron chi connectivity index (χ3n) is 3.00. The lowest BCUT2D eigenvalue weighted by molar-refractivity contribution is 0.406. The first kappa shape index (κ1) is 14.4. The molecule has 0 aliphatic rings. The van der Waals surface area contributed by atoms with E-state index in [1.54, 1.807) is 18.4 Å². The van der Waals surface area contributed by atoms with Crippen LogP contribution in [0.15, 0.2) is 35.7 Å². The highest BCUT2D eigenvalue weighted by Gasteiger charge is 2.15. The summed E-state index contributed by atoms with van der Waals surface area (Å²) in [5, 5.41) is 6.37. The molecule has 0 aliphatic carbocycles. The number of benzene rings is 1. The Balaban J connectivity index is 2.24. The molecule has 1 N–H and O–H groups in total. The molecular formula is C15H18ClNOS. The third kappa shape index (κ3) is 3.72. The van der Waals surface area contributed by atoms with Gasteiger partial charge in [-0.2, -0.15) is 0 Å². The minimum Gasteiger partial charge on any atom is -0.496 e. The second kappa shape index (κ2) is 6.94. The topological polar surface area (TPSA) is 21.3 Å². The van der Waals surface area contributed by atoms with Gasteiger partial charge in [0, 0.05) is 15.9 Å². The summed E-state index contributed by atoms with van der Waals surface area (Å²) < 4.78 is 5.41. The second-order valence-electron chi connectivity index (χ2n) is 4.29. The van der Waals surface area contributed by atoms with E-state index in [1.807, 2.05) is 18.2 Å². The molecule has 0 saturated carbocycles. The van der Waals surface area contributed by atoms with Crippen LogP contribution < -0.4 is 10.1 Å². The first-order valence-corrected chi connectivity index (χ1v) is 7.59. The molecule has 4 heteroatoms. The van der Waals surface area contributed by atoms with Gasteiger partial charge >= 0.3 is 0 Å². The van der Waals surface area contributed by atoms with Crippen molar-refractivity contribution in [2.45, 2.75) is 19.4 Å². The van der Waals surface area contributed by atoms with Crippen LogP contribution in [0.25, 0.3) is 0 Å². The van der Waals surface area contributed by atoms with E-state index in [4.69, 9.17) is 16.3 Å². The van der Waals surface area contributed by atoms with Crippen molar-refractivity contribution in [1.29, 1.82) is 0 Å². The molecule has 1 unspecified atom stereocenters. The lowest BCUT2D eigenvalue weighted by atomic mass is 10.0. The molecule has 2 aromatic rings. The number of thiophene rings is 1. The number of rotatable bonds is 6. The number of likely N-dealkylation sites (N-methyl/N-ethyl adjacent to an activating group) is 1. The zero-order valence-electron chi connectivity index (χ0n) is 11.2. The summed E-state index contributed by atoms with van der Waals surface area (Å²) in [4.78, 5) is 1.34. The highest BCUT2D eigenvalue weighted by Crippen LogP contribution is 2.29. The summed E-state index contributed by atoms with van der Waals surface area (Å²) in [5.41, 5.74) is 1.13. The first-order valence-electron chi connectivity index (χ1n) is 6.33. The maximum Gasteiger partial charge on any atom is 0.122 e. The second-order valence-corrected chi connectivity index (χ2v) is 5.70. The lowest BCUT2D eigenvalue weighted by Crippen LogP contribution is -2.22. The molecule has 0 amide bonds. The van der Waals surface area contributed by atoms with Gasteiger partial charge in [0.25, 0.3) is 0 Å². The van der Waals surface area contributed by atoms with E-state index in [1.165, 1.54) is 4.88 Å². The van der Waals surface area contributed by atoms with E-state index in [2.05, 4.69) is 29.8 Å². The molecule has 102 valence electrons. The van der Waals surface area contributed by atoms with Crippen molar-refractivity contribution < 1.29 is 4.74 Å². The summed E-state index contributed by atoms with van der Waals surface area (Å²) in [6.45, 7) is 3.06. The molecule has 0 spiro atoms. The van der Waals surface area contributed by atoms with Crippen molar-refractivity contribution >= 4 is 22.9 Å². The number of hydrogen-bond donors (Lipinski definition) is 1. The van der Waals surface area contributed by atoms with Gasteiger partial charge in [-0.25, -0.2) is 0 Å². The number of nitrogens with one attached hydrogen (secondary N) is 1. The van der Waals surface area contributed by atoms with E-state index in [-0.39, 0.29) is 0 Å². The molecular weight excluding hydrogens is 278 g/mol. The van der Waals surface area contributed by atoms with E-state index in [9.17, 15) is 0 Å². The molecule has 0 radical (unpaired) electrons. The Kier molecular flexibility index (Phi) is 5.25. The van der Waals surface area contributed by atoms with Gasteiger partial charge in [-0.15, -0.1) is 11.3 Å². The van der Waals surface area contributed by atoms with Gasteiger partial charge in [-0.1, -0.05) is 24.6 Å². The first-order chi connectivity index (χ1) is 9.24. The fourth-order valence-electron chi connectivity index (χ4n) is 2.14. The summed E-state index contributed by atoms with van der Waals surface area (Å²) in [6, 6.07) is 10.3. The van der Waals surface area contributed by atoms with Crippen LogP contribution in [0.5, 0.6) is 5.75 Å². The predicted octanol–water partition coefficient (Wildman–Crippen LogP) is 4.30. The van der Waals surface area contributed by atoms with Crippen LogP contribution in [-0.4, -0.2) is 13.7 Å². The third-order valence-corrected chi connectivity index (χ3v) is 4.22. The van der Waals surface area contributed by atoms with Gasteiger partial charge in [-0.3, -0.25) is 0 Å². The Labute approximate surface area is 123 Å². The maximum atomic E-state index is 6.09. The molecule has 19 heavy (non-hydrogen) atoms. The smallest absolute Gasteiger partial charge is 0.122 e. The summed E-state index contributed by atoms with van der Waals surface area (Å²) >= 11 is 7.86. The molecule has 0 fully saturated rings. The predicted molar refractivity (Wildman–Crippen MR) is 82.4 cm³/mol. The number of halogens is 1. The van der Waals surface area contributed by atoms with E-state index >= 15 is 0 Å².